The van der Waals surface area contributed by atoms with Gasteiger partial charge in [-0.15, -0.1) is 0 Å². The highest BCUT2D eigenvalue weighted by atomic mass is 16.1. The Morgan fingerprint density at radius 3 is 2.67 bits per heavy atom. The van der Waals surface area contributed by atoms with Crippen LogP contribution in [0.4, 0.5) is 0 Å². The molecule has 2 nitrogen and oxygen atoms in total. The summed E-state index contributed by atoms with van der Waals surface area (Å²) in [5.41, 5.74) is 0.783. The Hall–Kier alpha value is -1.15. The molecule has 0 amide bonds. The van der Waals surface area contributed by atoms with E-state index < -0.39 is 0 Å². The molecule has 1 aliphatic rings. The maximum absolute atomic E-state index is 11.6. The summed E-state index contributed by atoms with van der Waals surface area (Å²) >= 11 is 0. The predicted molar refractivity (Wildman–Crippen MR) is 46.0 cm³/mol. The van der Waals surface area contributed by atoms with E-state index in [0.717, 1.165) is 18.5 Å². The summed E-state index contributed by atoms with van der Waals surface area (Å²) in [5.74, 6) is 0.204. The number of benzene rings is 1. The van der Waals surface area contributed by atoms with E-state index in [1.54, 1.807) is 12.1 Å². The third-order valence-corrected chi connectivity index (χ3v) is 2.14. The molecule has 2 rings (SSSR count). The van der Waals surface area contributed by atoms with Gasteiger partial charge < -0.3 is 5.32 Å². The van der Waals surface area contributed by atoms with Crippen LogP contribution in [0.5, 0.6) is 0 Å². The zero-order chi connectivity index (χ0) is 8.39. The van der Waals surface area contributed by atoms with Gasteiger partial charge in [0, 0.05) is 5.56 Å². The standard InChI is InChI=1S/C10H10NO/c12-10(9-6-7-11-9)8-4-2-1-3-5-8/h2-5,9,11H,6-7H2. The second-order valence-electron chi connectivity index (χ2n) is 2.95. The minimum Gasteiger partial charge on any atom is -0.307 e. The van der Waals surface area contributed by atoms with Crippen molar-refractivity contribution in [2.75, 3.05) is 6.54 Å². The van der Waals surface area contributed by atoms with Crippen molar-refractivity contribution in [3.05, 3.63) is 35.9 Å². The lowest BCUT2D eigenvalue weighted by molar-refractivity contribution is 0.0904. The van der Waals surface area contributed by atoms with Crippen LogP contribution in [0.1, 0.15) is 16.8 Å². The number of hydrogen-bond acceptors (Lipinski definition) is 2. The largest absolute Gasteiger partial charge is 0.307 e. The van der Waals surface area contributed by atoms with Crippen molar-refractivity contribution in [1.82, 2.24) is 5.32 Å². The van der Waals surface area contributed by atoms with Crippen molar-refractivity contribution >= 4 is 5.78 Å². The van der Waals surface area contributed by atoms with E-state index in [0.29, 0.717) is 0 Å². The molecule has 0 aliphatic carbocycles. The lowest BCUT2D eigenvalue weighted by atomic mass is 9.97. The molecule has 1 saturated heterocycles. The molecule has 1 atom stereocenters. The van der Waals surface area contributed by atoms with Crippen molar-refractivity contribution in [1.29, 1.82) is 0 Å². The molecule has 1 aromatic carbocycles. The minimum atomic E-state index is 0.0624. The van der Waals surface area contributed by atoms with Crippen LogP contribution in [0.3, 0.4) is 0 Å². The zero-order valence-electron chi connectivity index (χ0n) is 6.71. The van der Waals surface area contributed by atoms with Crippen molar-refractivity contribution in [2.45, 2.75) is 12.5 Å². The Kier molecular flexibility index (Phi) is 1.92. The van der Waals surface area contributed by atoms with Gasteiger partial charge in [0.05, 0.1) is 6.04 Å². The van der Waals surface area contributed by atoms with Crippen molar-refractivity contribution in [2.24, 2.45) is 0 Å². The first-order valence-corrected chi connectivity index (χ1v) is 4.11. The van der Waals surface area contributed by atoms with Crippen LogP contribution in [0.15, 0.2) is 24.3 Å². The van der Waals surface area contributed by atoms with Crippen molar-refractivity contribution < 1.29 is 4.79 Å². The van der Waals surface area contributed by atoms with Gasteiger partial charge in [0.2, 0.25) is 0 Å². The number of carbonyl (C=O) groups is 1. The van der Waals surface area contributed by atoms with Crippen LogP contribution in [0, 0.1) is 6.07 Å². The Labute approximate surface area is 71.6 Å². The SMILES string of the molecule is O=C(c1cc[c]cc1)C1CCN1. The van der Waals surface area contributed by atoms with Crippen molar-refractivity contribution in [3.63, 3.8) is 0 Å². The van der Waals surface area contributed by atoms with E-state index in [1.165, 1.54) is 0 Å². The predicted octanol–water partition coefficient (Wildman–Crippen LogP) is 1.03. The van der Waals surface area contributed by atoms with Crippen LogP contribution in [-0.4, -0.2) is 18.4 Å². The molecule has 0 spiro atoms. The maximum atomic E-state index is 11.6. The lowest BCUT2D eigenvalue weighted by Gasteiger charge is -2.25. The molecule has 1 unspecified atom stereocenters. The van der Waals surface area contributed by atoms with Gasteiger partial charge in [0.1, 0.15) is 0 Å². The first-order chi connectivity index (χ1) is 5.88. The normalized spacial score (nSPS) is 21.5. The summed E-state index contributed by atoms with van der Waals surface area (Å²) in [6.07, 6.45) is 0.970. The van der Waals surface area contributed by atoms with E-state index in [-0.39, 0.29) is 11.8 Å². The quantitative estimate of drug-likeness (QED) is 0.655. The van der Waals surface area contributed by atoms with E-state index in [2.05, 4.69) is 11.4 Å². The molecule has 1 N–H and O–H groups in total. The number of Topliss-reactive ketones (excluding diaryl/α,β-unsaturated/α-hetero) is 1. The molecular weight excluding hydrogens is 150 g/mol. The molecule has 1 radical (unpaired) electrons. The topological polar surface area (TPSA) is 29.1 Å². The fraction of sp³-hybridized carbons (Fsp3) is 0.300. The fourth-order valence-corrected chi connectivity index (χ4v) is 1.26. The Morgan fingerprint density at radius 2 is 2.17 bits per heavy atom. The summed E-state index contributed by atoms with van der Waals surface area (Å²) in [5, 5.41) is 3.08. The Morgan fingerprint density at radius 1 is 1.50 bits per heavy atom. The highest BCUT2D eigenvalue weighted by Crippen LogP contribution is 2.10. The summed E-state index contributed by atoms with van der Waals surface area (Å²) < 4.78 is 0. The zero-order valence-corrected chi connectivity index (χ0v) is 6.71. The van der Waals surface area contributed by atoms with Gasteiger partial charge in [0.25, 0.3) is 0 Å². The molecule has 1 aromatic rings. The number of ketones is 1. The van der Waals surface area contributed by atoms with Gasteiger partial charge in [-0.2, -0.15) is 0 Å². The molecule has 1 fully saturated rings. The van der Waals surface area contributed by atoms with Crippen LogP contribution < -0.4 is 5.32 Å². The molecule has 12 heavy (non-hydrogen) atoms. The average Bonchev–Trinajstić information content (AvgIpc) is 2.03. The third kappa shape index (κ3) is 1.25. The van der Waals surface area contributed by atoms with E-state index in [1.807, 2.05) is 12.1 Å². The summed E-state index contributed by atoms with van der Waals surface area (Å²) in [6.45, 7) is 0.968. The first-order valence-electron chi connectivity index (χ1n) is 4.11. The first kappa shape index (κ1) is 7.50. The number of carbonyl (C=O) groups excluding carboxylic acids is 1. The summed E-state index contributed by atoms with van der Waals surface area (Å²) in [4.78, 5) is 11.6. The van der Waals surface area contributed by atoms with Gasteiger partial charge in [-0.05, 0) is 19.0 Å². The molecule has 2 heteroatoms. The van der Waals surface area contributed by atoms with Gasteiger partial charge in [-0.1, -0.05) is 24.3 Å². The fourth-order valence-electron chi connectivity index (χ4n) is 1.26. The third-order valence-electron chi connectivity index (χ3n) is 2.14. The van der Waals surface area contributed by atoms with Crippen LogP contribution in [0.2, 0.25) is 0 Å². The molecule has 61 valence electrons. The molecule has 1 aliphatic heterocycles. The van der Waals surface area contributed by atoms with E-state index in [4.69, 9.17) is 0 Å². The number of hydrogen-bond donors (Lipinski definition) is 1. The van der Waals surface area contributed by atoms with Crippen LogP contribution >= 0.6 is 0 Å². The second kappa shape index (κ2) is 3.07. The van der Waals surface area contributed by atoms with Gasteiger partial charge in [-0.25, -0.2) is 0 Å². The van der Waals surface area contributed by atoms with Crippen LogP contribution in [0.25, 0.3) is 0 Å². The molecule has 1 heterocycles. The molecule has 0 aromatic heterocycles. The highest BCUT2D eigenvalue weighted by Gasteiger charge is 2.24. The number of nitrogens with one attached hydrogen (secondary N) is 1. The lowest BCUT2D eigenvalue weighted by Crippen LogP contribution is -2.48. The highest BCUT2D eigenvalue weighted by molar-refractivity contribution is 6.00. The minimum absolute atomic E-state index is 0.0624. The van der Waals surface area contributed by atoms with Gasteiger partial charge in [0.15, 0.2) is 5.78 Å². The second-order valence-corrected chi connectivity index (χ2v) is 2.95. The van der Waals surface area contributed by atoms with Crippen LogP contribution in [-0.2, 0) is 0 Å². The monoisotopic (exact) mass is 160 g/mol. The Bertz CT molecular complexity index is 277. The maximum Gasteiger partial charge on any atom is 0.179 e. The van der Waals surface area contributed by atoms with E-state index in [9.17, 15) is 4.79 Å². The summed E-state index contributed by atoms with van der Waals surface area (Å²) in [7, 11) is 0. The van der Waals surface area contributed by atoms with Gasteiger partial charge in [-0.3, -0.25) is 4.79 Å². The molecular formula is C10H10NO. The van der Waals surface area contributed by atoms with Crippen molar-refractivity contribution in [3.8, 4) is 0 Å². The van der Waals surface area contributed by atoms with Gasteiger partial charge >= 0.3 is 0 Å². The summed E-state index contributed by atoms with van der Waals surface area (Å²) in [6, 6.07) is 10.1. The average molecular weight is 160 g/mol. The smallest absolute Gasteiger partial charge is 0.179 e. The molecule has 0 bridgehead atoms. The molecule has 0 saturated carbocycles. The number of rotatable bonds is 2. The van der Waals surface area contributed by atoms with E-state index >= 15 is 0 Å². The Balaban J connectivity index is 2.14.